The van der Waals surface area contributed by atoms with Gasteiger partial charge in [0.25, 0.3) is 0 Å². The molecule has 0 radical (unpaired) electrons. The van der Waals surface area contributed by atoms with E-state index in [1.165, 1.54) is 12.1 Å². The lowest BCUT2D eigenvalue weighted by molar-refractivity contribution is 0.187. The van der Waals surface area contributed by atoms with Crippen LogP contribution in [0.5, 0.6) is 0 Å². The summed E-state index contributed by atoms with van der Waals surface area (Å²) in [5.41, 5.74) is 0.489. The van der Waals surface area contributed by atoms with Gasteiger partial charge in [0.1, 0.15) is 5.82 Å². The van der Waals surface area contributed by atoms with Crippen LogP contribution in [0.3, 0.4) is 0 Å². The first-order valence-electron chi connectivity index (χ1n) is 4.74. The van der Waals surface area contributed by atoms with Gasteiger partial charge >= 0.3 is 0 Å². The third-order valence-corrected chi connectivity index (χ3v) is 2.93. The van der Waals surface area contributed by atoms with Crippen molar-refractivity contribution in [2.75, 3.05) is 6.61 Å². The van der Waals surface area contributed by atoms with Crippen LogP contribution in [0, 0.1) is 5.82 Å². The van der Waals surface area contributed by atoms with Crippen molar-refractivity contribution in [3.8, 4) is 0 Å². The molecule has 0 heterocycles. The molecule has 0 saturated heterocycles. The summed E-state index contributed by atoms with van der Waals surface area (Å²) in [4.78, 5) is 0. The van der Waals surface area contributed by atoms with Gasteiger partial charge in [-0.25, -0.2) is 4.39 Å². The molecule has 2 nitrogen and oxygen atoms in total. The van der Waals surface area contributed by atoms with Gasteiger partial charge < -0.3 is 10.4 Å². The minimum Gasteiger partial charge on any atom is -0.394 e. The van der Waals surface area contributed by atoms with Gasteiger partial charge in [-0.15, -0.1) is 0 Å². The predicted octanol–water partition coefficient (Wildman–Crippen LogP) is 2.45. The van der Waals surface area contributed by atoms with E-state index in [0.29, 0.717) is 6.54 Å². The second kappa shape index (κ2) is 5.05. The number of benzene rings is 1. The zero-order chi connectivity index (χ0) is 11.5. The number of hydrogen-bond acceptors (Lipinski definition) is 2. The SMILES string of the molecule is CC(C)(CO)NCc1cc(F)ccc1Br. The average molecular weight is 276 g/mol. The fraction of sp³-hybridized carbons (Fsp3) is 0.455. The quantitative estimate of drug-likeness (QED) is 0.885. The Morgan fingerprint density at radius 1 is 1.47 bits per heavy atom. The topological polar surface area (TPSA) is 32.3 Å². The summed E-state index contributed by atoms with van der Waals surface area (Å²) < 4.78 is 13.8. The number of aliphatic hydroxyl groups is 1. The monoisotopic (exact) mass is 275 g/mol. The minimum absolute atomic E-state index is 0.0416. The molecule has 0 amide bonds. The van der Waals surface area contributed by atoms with E-state index >= 15 is 0 Å². The zero-order valence-electron chi connectivity index (χ0n) is 8.85. The molecule has 15 heavy (non-hydrogen) atoms. The van der Waals surface area contributed by atoms with E-state index in [1.807, 2.05) is 13.8 Å². The summed E-state index contributed by atoms with van der Waals surface area (Å²) in [5, 5.41) is 12.2. The highest BCUT2D eigenvalue weighted by Gasteiger charge is 2.15. The van der Waals surface area contributed by atoms with Gasteiger partial charge in [0.05, 0.1) is 6.61 Å². The molecule has 1 aromatic rings. The van der Waals surface area contributed by atoms with E-state index in [2.05, 4.69) is 21.2 Å². The lowest BCUT2D eigenvalue weighted by atomic mass is 10.1. The molecule has 0 aliphatic carbocycles. The number of aliphatic hydroxyl groups excluding tert-OH is 1. The van der Waals surface area contributed by atoms with Crippen LogP contribution in [-0.2, 0) is 6.54 Å². The molecule has 2 N–H and O–H groups in total. The van der Waals surface area contributed by atoms with Crippen LogP contribution in [0.2, 0.25) is 0 Å². The summed E-state index contributed by atoms with van der Waals surface area (Å²) >= 11 is 3.35. The van der Waals surface area contributed by atoms with E-state index < -0.39 is 0 Å². The maximum Gasteiger partial charge on any atom is 0.123 e. The first-order chi connectivity index (χ1) is 6.94. The molecule has 1 rings (SSSR count). The Morgan fingerprint density at radius 2 is 2.13 bits per heavy atom. The molecular formula is C11H15BrFNO. The van der Waals surface area contributed by atoms with E-state index in [-0.39, 0.29) is 18.0 Å². The molecular weight excluding hydrogens is 261 g/mol. The number of nitrogens with one attached hydrogen (secondary N) is 1. The van der Waals surface area contributed by atoms with Crippen LogP contribution in [0.4, 0.5) is 4.39 Å². The maximum absolute atomic E-state index is 13.0. The summed E-state index contributed by atoms with van der Waals surface area (Å²) in [6.45, 7) is 4.34. The van der Waals surface area contributed by atoms with E-state index in [1.54, 1.807) is 6.07 Å². The standard InChI is InChI=1S/C11H15BrFNO/c1-11(2,7-15)14-6-8-5-9(13)3-4-10(8)12/h3-5,14-15H,6-7H2,1-2H3. The van der Waals surface area contributed by atoms with Gasteiger partial charge in [0, 0.05) is 16.6 Å². The van der Waals surface area contributed by atoms with Crippen LogP contribution in [0.1, 0.15) is 19.4 Å². The smallest absolute Gasteiger partial charge is 0.123 e. The Labute approximate surface area is 97.6 Å². The zero-order valence-corrected chi connectivity index (χ0v) is 10.4. The largest absolute Gasteiger partial charge is 0.394 e. The van der Waals surface area contributed by atoms with Crippen molar-refractivity contribution in [1.82, 2.24) is 5.32 Å². The molecule has 0 fully saturated rings. The fourth-order valence-electron chi connectivity index (χ4n) is 1.07. The van der Waals surface area contributed by atoms with E-state index in [0.717, 1.165) is 10.0 Å². The Hall–Kier alpha value is -0.450. The van der Waals surface area contributed by atoms with Crippen LogP contribution < -0.4 is 5.32 Å². The molecule has 0 spiro atoms. The summed E-state index contributed by atoms with van der Waals surface area (Å²) in [6, 6.07) is 4.56. The summed E-state index contributed by atoms with van der Waals surface area (Å²) in [6.07, 6.45) is 0. The van der Waals surface area contributed by atoms with Crippen LogP contribution in [0.25, 0.3) is 0 Å². The first kappa shape index (κ1) is 12.6. The van der Waals surface area contributed by atoms with Crippen molar-refractivity contribution in [2.24, 2.45) is 0 Å². The summed E-state index contributed by atoms with van der Waals surface area (Å²) in [7, 11) is 0. The van der Waals surface area contributed by atoms with Gasteiger partial charge in [0.15, 0.2) is 0 Å². The predicted molar refractivity (Wildman–Crippen MR) is 62.1 cm³/mol. The van der Waals surface area contributed by atoms with Crippen molar-refractivity contribution in [3.63, 3.8) is 0 Å². The molecule has 0 saturated carbocycles. The van der Waals surface area contributed by atoms with E-state index in [9.17, 15) is 4.39 Å². The Morgan fingerprint density at radius 3 is 2.73 bits per heavy atom. The highest BCUT2D eigenvalue weighted by atomic mass is 79.9. The van der Waals surface area contributed by atoms with Crippen molar-refractivity contribution in [3.05, 3.63) is 34.1 Å². The fourth-order valence-corrected chi connectivity index (χ4v) is 1.46. The normalized spacial score (nSPS) is 11.8. The molecule has 0 aliphatic heterocycles. The minimum atomic E-state index is -0.355. The average Bonchev–Trinajstić information content (AvgIpc) is 2.20. The van der Waals surface area contributed by atoms with Gasteiger partial charge in [0.2, 0.25) is 0 Å². The number of rotatable bonds is 4. The Bertz CT molecular complexity index is 341. The molecule has 84 valence electrons. The van der Waals surface area contributed by atoms with Crippen molar-refractivity contribution >= 4 is 15.9 Å². The number of hydrogen-bond donors (Lipinski definition) is 2. The van der Waals surface area contributed by atoms with Crippen molar-refractivity contribution in [1.29, 1.82) is 0 Å². The van der Waals surface area contributed by atoms with Gasteiger partial charge in [-0.3, -0.25) is 0 Å². The lowest BCUT2D eigenvalue weighted by Gasteiger charge is -2.23. The second-order valence-corrected chi connectivity index (χ2v) is 4.99. The second-order valence-electron chi connectivity index (χ2n) is 4.13. The maximum atomic E-state index is 13.0. The Kier molecular flexibility index (Phi) is 4.25. The Balaban J connectivity index is 2.69. The molecule has 4 heteroatoms. The van der Waals surface area contributed by atoms with Crippen LogP contribution in [0.15, 0.2) is 22.7 Å². The molecule has 0 atom stereocenters. The molecule has 0 unspecified atom stereocenters. The third kappa shape index (κ3) is 3.89. The van der Waals surface area contributed by atoms with E-state index in [4.69, 9.17) is 5.11 Å². The molecule has 0 aromatic heterocycles. The lowest BCUT2D eigenvalue weighted by Crippen LogP contribution is -2.42. The number of halogens is 2. The molecule has 1 aromatic carbocycles. The van der Waals surface area contributed by atoms with Gasteiger partial charge in [-0.1, -0.05) is 15.9 Å². The van der Waals surface area contributed by atoms with Crippen LogP contribution >= 0.6 is 15.9 Å². The van der Waals surface area contributed by atoms with Crippen molar-refractivity contribution in [2.45, 2.75) is 25.9 Å². The molecule has 0 bridgehead atoms. The van der Waals surface area contributed by atoms with Crippen molar-refractivity contribution < 1.29 is 9.50 Å². The van der Waals surface area contributed by atoms with Crippen LogP contribution in [-0.4, -0.2) is 17.3 Å². The van der Waals surface area contributed by atoms with Gasteiger partial charge in [-0.2, -0.15) is 0 Å². The third-order valence-electron chi connectivity index (χ3n) is 2.16. The summed E-state index contributed by atoms with van der Waals surface area (Å²) in [5.74, 6) is -0.253. The molecule has 0 aliphatic rings. The van der Waals surface area contributed by atoms with Gasteiger partial charge in [-0.05, 0) is 37.6 Å². The highest BCUT2D eigenvalue weighted by Crippen LogP contribution is 2.18. The highest BCUT2D eigenvalue weighted by molar-refractivity contribution is 9.10. The first-order valence-corrected chi connectivity index (χ1v) is 5.54.